The fourth-order valence-corrected chi connectivity index (χ4v) is 40.9. The number of fused-ring (bicyclic) bond motifs is 54. The maximum Gasteiger partial charge on any atom is 0.537 e. The van der Waals surface area contributed by atoms with Crippen LogP contribution < -0.4 is 5.19 Å². The van der Waals surface area contributed by atoms with Crippen molar-refractivity contribution in [2.45, 2.75) is 220 Å². The number of benzene rings is 2. The summed E-state index contributed by atoms with van der Waals surface area (Å²) >= 11 is 0. The molecule has 44 heteroatoms. The molecule has 798 valence electrons. The van der Waals surface area contributed by atoms with Crippen molar-refractivity contribution in [1.82, 2.24) is 39.2 Å². The highest BCUT2D eigenvalue weighted by atomic mass is 28.4. The molecule has 27 aliphatic heterocycles. The molecule has 27 fully saturated rings. The van der Waals surface area contributed by atoms with Crippen molar-refractivity contribution in [3.8, 4) is 0 Å². The van der Waals surface area contributed by atoms with Gasteiger partial charge in [0, 0.05) is 219 Å². The molecule has 0 radical (unpaired) electrons. The van der Waals surface area contributed by atoms with Crippen molar-refractivity contribution in [3.63, 3.8) is 0 Å². The second-order valence-corrected chi connectivity index (χ2v) is 64.5. The lowest BCUT2D eigenvalue weighted by atomic mass is 9.92. The normalized spacial score (nSPS) is 38.4. The number of nitrogens with zero attached hydrogens (tertiary/aromatic N) is 8. The number of hydrogen-bond acceptors (Lipinski definition) is 35. The topological polar surface area (TPSA) is 283 Å². The van der Waals surface area contributed by atoms with E-state index in [9.17, 15) is 4.79 Å². The molecule has 2 aromatic carbocycles. The van der Waals surface area contributed by atoms with Gasteiger partial charge < -0.3 is 115 Å². The van der Waals surface area contributed by atoms with Crippen LogP contribution in [0.15, 0.2) is 60.7 Å². The molecule has 29 rings (SSSR count). The summed E-state index contributed by atoms with van der Waals surface area (Å²) < 4.78 is 153. The highest BCUT2D eigenvalue weighted by molar-refractivity contribution is 6.75. The number of carbonyl (C=O) groups excluding carboxylic acids is 1. The van der Waals surface area contributed by atoms with E-state index in [0.717, 1.165) is 324 Å². The Morgan fingerprint density at radius 3 is 1.20 bits per heavy atom. The standard InChI is InChI=1S/C15H22O3Si.C14H29NO3Si.C12H17NO3Si.2C10H21NO3Si.C9H17NO4Si.C9H19NO3Si.C8H17NO3Si.C8H17NO2Si/c1-2-19-16-10-8-13(9-11-17-19)12-15(18-19)14-6-4-3-5-7-14;1-2-3-4-5-6-7-14-19-16-11-8-15(9-12-17-19)10-13-18-19;1-2-4-12(5-3-1)17-14-9-6-13(7-10-15-17)8-11-16-17;1-10(2)9-15-12-6-3-11(4-7-13-15)5-8-14-15;1-3-10-9-11-5-7-12-15(4-2,14-10)13-8-6-11;1-8(11)9-7-14-15(2)12-5-3-10(9)4-6-13-15;1-2-9-14-11-6-3-10(4-7-12-14)5-8-13-14;1-8-7-9-3-5-10-13(2,12-8)11-6-4-9;1-12-8-2-3-9(4-6-10-12)5-7-11-12/h3-7,13,15H,2,8-12H2,1H3;2-14H2,1H3;1-5H,6-11H2;2*10H,3-9H2,1-2H3;9H,3-7H2,1-2H3;2-9H2,1H3;8H,3-7H2,1-2H3;2-8H2,1H3. The van der Waals surface area contributed by atoms with E-state index in [1.54, 1.807) is 6.92 Å². The Balaban J connectivity index is 0.000000141. The van der Waals surface area contributed by atoms with E-state index in [1.807, 2.05) is 49.5 Å². The Morgan fingerprint density at radius 2 is 0.748 bits per heavy atom. The first-order chi connectivity index (χ1) is 67.4. The molecule has 18 bridgehead atoms. The highest BCUT2D eigenvalue weighted by Crippen LogP contribution is 2.39. The van der Waals surface area contributed by atoms with E-state index >= 15 is 0 Å². The highest BCUT2D eigenvalue weighted by Gasteiger charge is 2.52. The quantitative estimate of drug-likeness (QED) is 0.105. The Bertz CT molecular complexity index is 3530. The minimum Gasteiger partial charge on any atom is -0.393 e. The first-order valence-electron chi connectivity index (χ1n) is 53.6. The van der Waals surface area contributed by atoms with Crippen LogP contribution in [0.2, 0.25) is 55.9 Å². The van der Waals surface area contributed by atoms with E-state index in [1.165, 1.54) is 63.1 Å². The zero-order chi connectivity index (χ0) is 98.0. The molecule has 27 saturated heterocycles. The van der Waals surface area contributed by atoms with Gasteiger partial charge in [0.05, 0.1) is 150 Å². The summed E-state index contributed by atoms with van der Waals surface area (Å²) in [6.45, 7) is 65.4. The number of rotatable bonds is 17. The lowest BCUT2D eigenvalue weighted by molar-refractivity contribution is -0.127. The molecular weight excluding hydrogens is 1940 g/mol. The number of ketones is 1. The molecule has 0 N–H and O–H groups in total. The van der Waals surface area contributed by atoms with E-state index in [0.29, 0.717) is 51.5 Å². The van der Waals surface area contributed by atoms with Gasteiger partial charge in [-0.25, -0.2) is 0 Å². The average molecular weight is 2120 g/mol. The summed E-state index contributed by atoms with van der Waals surface area (Å²) in [7, 11) is -20.7. The second kappa shape index (κ2) is 60.7. The van der Waals surface area contributed by atoms with Gasteiger partial charge in [-0.1, -0.05) is 148 Å². The maximum absolute atomic E-state index is 11.5. The Labute approximate surface area is 844 Å². The molecular formula is C95H180N8O27Si9. The third kappa shape index (κ3) is 38.8. The van der Waals surface area contributed by atoms with Crippen molar-refractivity contribution in [2.24, 2.45) is 11.8 Å². The summed E-state index contributed by atoms with van der Waals surface area (Å²) in [5.74, 6) is 1.39. The van der Waals surface area contributed by atoms with Crippen LogP contribution in [-0.2, 0) is 120 Å². The summed E-state index contributed by atoms with van der Waals surface area (Å²) in [4.78, 5) is 30.1. The fraction of sp³-hybridized carbons (Fsp3) is 0.863. The molecule has 35 nitrogen and oxygen atoms in total. The van der Waals surface area contributed by atoms with E-state index in [4.69, 9.17) is 115 Å². The Morgan fingerprint density at radius 1 is 0.367 bits per heavy atom. The van der Waals surface area contributed by atoms with Crippen molar-refractivity contribution in [2.75, 3.05) is 302 Å². The zero-order valence-electron chi connectivity index (χ0n) is 87.1. The molecule has 139 heavy (non-hydrogen) atoms. The zero-order valence-corrected chi connectivity index (χ0v) is 96.1. The average Bonchev–Trinajstić information content (AvgIpc) is 0.799. The van der Waals surface area contributed by atoms with Gasteiger partial charge in [0.2, 0.25) is 0 Å². The molecule has 0 amide bonds. The largest absolute Gasteiger partial charge is 0.537 e. The minimum atomic E-state index is -2.63. The summed E-state index contributed by atoms with van der Waals surface area (Å²) in [5, 5.41) is 1.08. The van der Waals surface area contributed by atoms with Gasteiger partial charge in [-0.3, -0.25) is 44.0 Å². The third-order valence-electron chi connectivity index (χ3n) is 28.3. The van der Waals surface area contributed by atoms with Crippen LogP contribution in [-0.4, -0.2) is 445 Å². The molecule has 0 saturated carbocycles. The lowest BCUT2D eigenvalue weighted by Gasteiger charge is -2.41. The van der Waals surface area contributed by atoms with Crippen LogP contribution in [0.1, 0.15) is 151 Å². The van der Waals surface area contributed by atoms with E-state index in [-0.39, 0.29) is 30.1 Å². The molecule has 27 aliphatic rings. The number of Topliss-reactive ketones (excluding diaryl/α,β-unsaturated/α-hetero) is 1. The van der Waals surface area contributed by atoms with Crippen LogP contribution in [0.5, 0.6) is 0 Å². The van der Waals surface area contributed by atoms with Gasteiger partial charge in [-0.05, 0) is 88.9 Å². The van der Waals surface area contributed by atoms with Crippen LogP contribution in [0.3, 0.4) is 0 Å². The number of unbranched alkanes of at least 4 members (excludes halogenated alkanes) is 5. The van der Waals surface area contributed by atoms with Gasteiger partial charge in [0.25, 0.3) is 0 Å². The van der Waals surface area contributed by atoms with Crippen molar-refractivity contribution in [3.05, 3.63) is 66.2 Å². The van der Waals surface area contributed by atoms with Crippen molar-refractivity contribution >= 4 is 90.0 Å². The predicted octanol–water partition coefficient (Wildman–Crippen LogP) is 10.2. The van der Waals surface area contributed by atoms with Gasteiger partial charge >= 0.3 is 79.0 Å². The second-order valence-electron chi connectivity index (χ2n) is 39.6. The van der Waals surface area contributed by atoms with Crippen LogP contribution in [0, 0.1) is 11.8 Å². The fourth-order valence-electron chi connectivity index (χ4n) is 20.1. The molecule has 2 aromatic rings. The van der Waals surface area contributed by atoms with Gasteiger partial charge in [0.1, 0.15) is 5.78 Å². The first-order valence-corrected chi connectivity index (χ1v) is 72.0. The van der Waals surface area contributed by atoms with E-state index < -0.39 is 79.0 Å². The SMILES string of the molecule is CC(=O)C1CO[Si]2(C)OCCN1CCO2.CC(C)C[Si]12OCCN(CCO1)CCO2.CC1CN2CCO[Si](C)(OCC2)O1.CCC1CN2CCO[Si](CC)(OCC2)O1.CCCCCCCC[Si]12OCCN(CCO1)CCO2.CCC[Si]12OCCN(CCO1)CCO2.CC[Si]12OCCC(CCO1)CC(c1ccccc1)O2.C[Si]12CCCN(CCO1)CCO2.c1ccc([Si]23OCCN(CCO2)CCO3)cc1. The molecule has 27 heterocycles. The maximum atomic E-state index is 11.5. The van der Waals surface area contributed by atoms with Crippen molar-refractivity contribution in [1.29, 1.82) is 0 Å². The molecule has 0 aromatic heterocycles. The third-order valence-corrected chi connectivity index (χ3v) is 53.2. The first kappa shape index (κ1) is 116. The monoisotopic (exact) mass is 2120 g/mol. The summed E-state index contributed by atoms with van der Waals surface area (Å²) in [5.41, 5.74) is 1.26. The van der Waals surface area contributed by atoms with E-state index in [2.05, 4.69) is 125 Å². The Hall–Kier alpha value is -1.30. The van der Waals surface area contributed by atoms with Crippen LogP contribution >= 0.6 is 0 Å². The summed E-state index contributed by atoms with van der Waals surface area (Å²) in [6.07, 6.45) is 15.3. The predicted molar refractivity (Wildman–Crippen MR) is 550 cm³/mol. The van der Waals surface area contributed by atoms with Gasteiger partial charge in [-0.15, -0.1) is 0 Å². The van der Waals surface area contributed by atoms with Gasteiger partial charge in [-0.2, -0.15) is 0 Å². The molecule has 0 spiro atoms. The molecule has 4 unspecified atom stereocenters. The number of hydrogen-bond donors (Lipinski definition) is 0. The lowest BCUT2D eigenvalue weighted by Crippen LogP contribution is -2.62. The van der Waals surface area contributed by atoms with Crippen LogP contribution in [0.4, 0.5) is 0 Å². The van der Waals surface area contributed by atoms with Gasteiger partial charge in [0.15, 0.2) is 0 Å². The van der Waals surface area contributed by atoms with Crippen LogP contribution in [0.25, 0.3) is 0 Å². The smallest absolute Gasteiger partial charge is 0.393 e. The summed E-state index contributed by atoms with van der Waals surface area (Å²) in [6, 6.07) is 26.4. The Kier molecular flexibility index (Phi) is 50.8. The molecule has 0 aliphatic carbocycles. The number of carbonyl (C=O) groups is 1. The van der Waals surface area contributed by atoms with Crippen molar-refractivity contribution < 1.29 is 120 Å². The molecule has 4 atom stereocenters. The minimum absolute atomic E-state index is 0.121.